The predicted octanol–water partition coefficient (Wildman–Crippen LogP) is 3.20. The number of nitrogens with zero attached hydrogens (tertiary/aromatic N) is 2. The predicted molar refractivity (Wildman–Crippen MR) is 78.1 cm³/mol. The van der Waals surface area contributed by atoms with Crippen molar-refractivity contribution >= 4 is 21.7 Å². The zero-order valence-electron chi connectivity index (χ0n) is 11.4. The van der Waals surface area contributed by atoms with E-state index in [0.29, 0.717) is 0 Å². The van der Waals surface area contributed by atoms with E-state index in [9.17, 15) is 0 Å². The lowest BCUT2D eigenvalue weighted by Crippen LogP contribution is -2.09. The third-order valence-electron chi connectivity index (χ3n) is 2.59. The van der Waals surface area contributed by atoms with Gasteiger partial charge < -0.3 is 10.1 Å². The van der Waals surface area contributed by atoms with Crippen molar-refractivity contribution in [2.45, 2.75) is 39.5 Å². The van der Waals surface area contributed by atoms with Crippen LogP contribution in [0.2, 0.25) is 0 Å². The van der Waals surface area contributed by atoms with E-state index >= 15 is 0 Å². The molecule has 0 spiro atoms. The minimum Gasteiger partial charge on any atom is -0.385 e. The summed E-state index contributed by atoms with van der Waals surface area (Å²) in [6.07, 6.45) is 3.79. The number of ether oxygens (including phenoxy) is 1. The molecule has 1 heterocycles. The number of aromatic nitrogens is 2. The van der Waals surface area contributed by atoms with Crippen LogP contribution in [-0.4, -0.2) is 30.2 Å². The Morgan fingerprint density at radius 2 is 2.06 bits per heavy atom. The van der Waals surface area contributed by atoms with Crippen LogP contribution >= 0.6 is 15.9 Å². The molecule has 4 nitrogen and oxygen atoms in total. The van der Waals surface area contributed by atoms with E-state index in [2.05, 4.69) is 45.1 Å². The van der Waals surface area contributed by atoms with Gasteiger partial charge in [0.05, 0.1) is 10.2 Å². The zero-order chi connectivity index (χ0) is 13.4. The number of halogens is 1. The average Bonchev–Trinajstić information content (AvgIpc) is 2.39. The van der Waals surface area contributed by atoms with Crippen molar-refractivity contribution in [2.24, 2.45) is 0 Å². The molecular formula is C13H22BrN3O. The molecule has 0 saturated heterocycles. The van der Waals surface area contributed by atoms with Gasteiger partial charge in [-0.25, -0.2) is 9.97 Å². The van der Waals surface area contributed by atoms with Crippen LogP contribution in [-0.2, 0) is 17.6 Å². The van der Waals surface area contributed by atoms with Gasteiger partial charge in [0.1, 0.15) is 11.6 Å². The standard InChI is InChI=1S/C13H22BrN3O/c1-4-8-15-13-12(14)10(5-2)16-11(17-13)7-6-9-18-3/h4-9H2,1-3H3,(H,15,16,17). The number of nitrogens with one attached hydrogen (secondary N) is 1. The van der Waals surface area contributed by atoms with Gasteiger partial charge in [0.25, 0.3) is 0 Å². The first-order chi connectivity index (χ1) is 8.72. The highest BCUT2D eigenvalue weighted by Crippen LogP contribution is 2.24. The van der Waals surface area contributed by atoms with E-state index in [4.69, 9.17) is 4.74 Å². The second-order valence-electron chi connectivity index (χ2n) is 4.13. The Hall–Kier alpha value is -0.680. The van der Waals surface area contributed by atoms with Crippen LogP contribution in [0.5, 0.6) is 0 Å². The molecule has 0 unspecified atom stereocenters. The molecule has 0 saturated carbocycles. The molecule has 0 aliphatic heterocycles. The van der Waals surface area contributed by atoms with Crippen LogP contribution in [0.4, 0.5) is 5.82 Å². The molecule has 0 atom stereocenters. The molecule has 1 aromatic rings. The van der Waals surface area contributed by atoms with Gasteiger partial charge in [0.2, 0.25) is 0 Å². The van der Waals surface area contributed by atoms with E-state index in [1.165, 1.54) is 0 Å². The number of aryl methyl sites for hydroxylation is 2. The third kappa shape index (κ3) is 4.53. The zero-order valence-corrected chi connectivity index (χ0v) is 13.0. The Morgan fingerprint density at radius 3 is 2.67 bits per heavy atom. The van der Waals surface area contributed by atoms with Gasteiger partial charge in [-0.2, -0.15) is 0 Å². The molecule has 1 rings (SSSR count). The smallest absolute Gasteiger partial charge is 0.144 e. The summed E-state index contributed by atoms with van der Waals surface area (Å²) in [6.45, 7) is 5.92. The first-order valence-electron chi connectivity index (χ1n) is 6.51. The van der Waals surface area contributed by atoms with Gasteiger partial charge in [0, 0.05) is 26.7 Å². The summed E-state index contributed by atoms with van der Waals surface area (Å²) in [5.74, 6) is 1.81. The Labute approximate surface area is 118 Å². The fourth-order valence-electron chi connectivity index (χ4n) is 1.63. The van der Waals surface area contributed by atoms with Crippen LogP contribution in [0.1, 0.15) is 38.2 Å². The lowest BCUT2D eigenvalue weighted by Gasteiger charge is -2.11. The van der Waals surface area contributed by atoms with E-state index in [0.717, 1.165) is 60.6 Å². The van der Waals surface area contributed by atoms with E-state index in [1.807, 2.05) is 0 Å². The van der Waals surface area contributed by atoms with Gasteiger partial charge >= 0.3 is 0 Å². The third-order valence-corrected chi connectivity index (χ3v) is 3.43. The number of hydrogen-bond donors (Lipinski definition) is 1. The van der Waals surface area contributed by atoms with E-state index < -0.39 is 0 Å². The van der Waals surface area contributed by atoms with Crippen LogP contribution in [0.3, 0.4) is 0 Å². The minimum atomic E-state index is 0.749. The number of methoxy groups -OCH3 is 1. The highest BCUT2D eigenvalue weighted by atomic mass is 79.9. The number of anilines is 1. The summed E-state index contributed by atoms with van der Waals surface area (Å²) < 4.78 is 6.05. The fourth-order valence-corrected chi connectivity index (χ4v) is 2.22. The van der Waals surface area contributed by atoms with Gasteiger partial charge in [0.15, 0.2) is 0 Å². The molecule has 0 radical (unpaired) electrons. The SMILES string of the molecule is CCCNc1nc(CCCOC)nc(CC)c1Br. The van der Waals surface area contributed by atoms with Gasteiger partial charge in [-0.1, -0.05) is 13.8 Å². The average molecular weight is 316 g/mol. The largest absolute Gasteiger partial charge is 0.385 e. The van der Waals surface area contributed by atoms with Crippen molar-refractivity contribution in [1.29, 1.82) is 0 Å². The van der Waals surface area contributed by atoms with Crippen molar-refractivity contribution in [1.82, 2.24) is 9.97 Å². The molecule has 0 aromatic carbocycles. The first-order valence-corrected chi connectivity index (χ1v) is 7.30. The summed E-state index contributed by atoms with van der Waals surface area (Å²) in [5.41, 5.74) is 1.07. The summed E-state index contributed by atoms with van der Waals surface area (Å²) in [5, 5.41) is 3.34. The number of rotatable bonds is 8. The topological polar surface area (TPSA) is 47.0 Å². The molecule has 18 heavy (non-hydrogen) atoms. The van der Waals surface area contributed by atoms with E-state index in [1.54, 1.807) is 7.11 Å². The van der Waals surface area contributed by atoms with Crippen LogP contribution in [0.15, 0.2) is 4.47 Å². The maximum atomic E-state index is 5.06. The maximum Gasteiger partial charge on any atom is 0.144 e. The number of hydrogen-bond acceptors (Lipinski definition) is 4. The van der Waals surface area contributed by atoms with Crippen LogP contribution in [0, 0.1) is 0 Å². The van der Waals surface area contributed by atoms with Crippen molar-refractivity contribution in [2.75, 3.05) is 25.6 Å². The lowest BCUT2D eigenvalue weighted by atomic mass is 10.2. The Kier molecular flexibility index (Phi) is 7.20. The summed E-state index contributed by atoms with van der Waals surface area (Å²) >= 11 is 3.58. The highest BCUT2D eigenvalue weighted by molar-refractivity contribution is 9.10. The molecular weight excluding hydrogens is 294 g/mol. The van der Waals surface area contributed by atoms with Crippen LogP contribution < -0.4 is 5.32 Å². The van der Waals surface area contributed by atoms with Gasteiger partial charge in [-0.15, -0.1) is 0 Å². The summed E-state index contributed by atoms with van der Waals surface area (Å²) in [7, 11) is 1.72. The molecule has 0 amide bonds. The Balaban J connectivity index is 2.83. The molecule has 0 aliphatic rings. The van der Waals surface area contributed by atoms with E-state index in [-0.39, 0.29) is 0 Å². The summed E-state index contributed by atoms with van der Waals surface area (Å²) in [6, 6.07) is 0. The monoisotopic (exact) mass is 315 g/mol. The van der Waals surface area contributed by atoms with Crippen molar-refractivity contribution in [3.63, 3.8) is 0 Å². The molecule has 1 aromatic heterocycles. The van der Waals surface area contributed by atoms with Gasteiger partial charge in [-0.3, -0.25) is 0 Å². The van der Waals surface area contributed by atoms with Crippen molar-refractivity contribution < 1.29 is 4.74 Å². The quantitative estimate of drug-likeness (QED) is 0.748. The van der Waals surface area contributed by atoms with Crippen molar-refractivity contribution in [3.05, 3.63) is 16.0 Å². The normalized spacial score (nSPS) is 10.7. The maximum absolute atomic E-state index is 5.06. The van der Waals surface area contributed by atoms with Gasteiger partial charge in [-0.05, 0) is 35.2 Å². The fraction of sp³-hybridized carbons (Fsp3) is 0.692. The molecule has 5 heteroatoms. The lowest BCUT2D eigenvalue weighted by molar-refractivity contribution is 0.194. The minimum absolute atomic E-state index is 0.749. The second kappa shape index (κ2) is 8.43. The van der Waals surface area contributed by atoms with Crippen LogP contribution in [0.25, 0.3) is 0 Å². The molecule has 0 aliphatic carbocycles. The summed E-state index contributed by atoms with van der Waals surface area (Å²) in [4.78, 5) is 9.14. The molecule has 1 N–H and O–H groups in total. The van der Waals surface area contributed by atoms with Crippen molar-refractivity contribution in [3.8, 4) is 0 Å². The first kappa shape index (κ1) is 15.4. The molecule has 102 valence electrons. The molecule has 0 fully saturated rings. The second-order valence-corrected chi connectivity index (χ2v) is 4.92. The Bertz CT molecular complexity index is 371. The Morgan fingerprint density at radius 1 is 1.28 bits per heavy atom. The molecule has 0 bridgehead atoms. The highest BCUT2D eigenvalue weighted by Gasteiger charge is 2.10.